The van der Waals surface area contributed by atoms with E-state index in [0.717, 1.165) is 0 Å². The number of ether oxygens (including phenoxy) is 1. The van der Waals surface area contributed by atoms with E-state index < -0.39 is 29.5 Å². The number of fused-ring (bicyclic) bond motifs is 1. The van der Waals surface area contributed by atoms with Crippen molar-refractivity contribution in [3.63, 3.8) is 0 Å². The SMILES string of the molecule is CC1(C)Oc2ccc(C#N)cc2C(O)[C@@H]1NC(=O)c1ccc(F)cc1. The third kappa shape index (κ3) is 3.19. The second kappa shape index (κ2) is 6.19. The highest BCUT2D eigenvalue weighted by Crippen LogP contribution is 2.40. The summed E-state index contributed by atoms with van der Waals surface area (Å²) >= 11 is 0. The van der Waals surface area contributed by atoms with Gasteiger partial charge in [0.25, 0.3) is 5.91 Å². The number of nitrogens with zero attached hydrogens (tertiary/aromatic N) is 1. The standard InChI is InChI=1S/C19H17FN2O3/c1-19(2)17(22-18(24)12-4-6-13(20)7-5-12)16(23)14-9-11(10-21)3-8-15(14)25-19/h3-9,16-17,23H,1-2H3,(H,22,24)/t16?,17-/m0/s1. The van der Waals surface area contributed by atoms with Crippen LogP contribution >= 0.6 is 0 Å². The molecule has 0 saturated carbocycles. The highest BCUT2D eigenvalue weighted by molar-refractivity contribution is 5.94. The van der Waals surface area contributed by atoms with Gasteiger partial charge in [-0.1, -0.05) is 0 Å². The Labute approximate surface area is 144 Å². The lowest BCUT2D eigenvalue weighted by Gasteiger charge is -2.43. The first-order valence-electron chi connectivity index (χ1n) is 7.79. The summed E-state index contributed by atoms with van der Waals surface area (Å²) < 4.78 is 18.9. The molecule has 1 amide bonds. The molecule has 6 heteroatoms. The van der Waals surface area contributed by atoms with Gasteiger partial charge in [0.15, 0.2) is 0 Å². The van der Waals surface area contributed by atoms with Crippen molar-refractivity contribution in [2.45, 2.75) is 31.6 Å². The molecule has 1 aliphatic heterocycles. The van der Waals surface area contributed by atoms with Crippen molar-refractivity contribution in [2.24, 2.45) is 0 Å². The van der Waals surface area contributed by atoms with E-state index in [4.69, 9.17) is 10.00 Å². The molecule has 5 nitrogen and oxygen atoms in total. The summed E-state index contributed by atoms with van der Waals surface area (Å²) in [6.07, 6.45) is -1.04. The normalized spacial score (nSPS) is 20.8. The molecule has 0 radical (unpaired) electrons. The van der Waals surface area contributed by atoms with Crippen LogP contribution in [0.15, 0.2) is 42.5 Å². The van der Waals surface area contributed by atoms with Gasteiger partial charge < -0.3 is 15.2 Å². The fourth-order valence-corrected chi connectivity index (χ4v) is 2.93. The zero-order chi connectivity index (χ0) is 18.2. The monoisotopic (exact) mass is 340 g/mol. The van der Waals surface area contributed by atoms with Crippen LogP contribution in [0.5, 0.6) is 5.75 Å². The molecule has 2 atom stereocenters. The molecule has 25 heavy (non-hydrogen) atoms. The lowest BCUT2D eigenvalue weighted by molar-refractivity contribution is -0.0253. The van der Waals surface area contributed by atoms with Gasteiger partial charge in [-0.05, 0) is 56.3 Å². The van der Waals surface area contributed by atoms with Gasteiger partial charge in [0, 0.05) is 11.1 Å². The van der Waals surface area contributed by atoms with Crippen LogP contribution in [-0.4, -0.2) is 22.7 Å². The molecule has 0 bridgehead atoms. The number of rotatable bonds is 2. The molecule has 2 aromatic carbocycles. The van der Waals surface area contributed by atoms with Gasteiger partial charge in [-0.15, -0.1) is 0 Å². The zero-order valence-electron chi connectivity index (χ0n) is 13.8. The van der Waals surface area contributed by atoms with Gasteiger partial charge in [-0.3, -0.25) is 4.79 Å². The fraction of sp³-hybridized carbons (Fsp3) is 0.263. The Balaban J connectivity index is 1.90. The first-order chi connectivity index (χ1) is 11.8. The highest BCUT2D eigenvalue weighted by Gasteiger charge is 2.44. The Morgan fingerprint density at radius 3 is 2.60 bits per heavy atom. The van der Waals surface area contributed by atoms with Crippen molar-refractivity contribution < 1.29 is 19.0 Å². The second-order valence-electron chi connectivity index (χ2n) is 6.47. The van der Waals surface area contributed by atoms with E-state index >= 15 is 0 Å². The minimum absolute atomic E-state index is 0.279. The topological polar surface area (TPSA) is 82.3 Å². The summed E-state index contributed by atoms with van der Waals surface area (Å²) in [6.45, 7) is 3.51. The van der Waals surface area contributed by atoms with Gasteiger partial charge in [-0.25, -0.2) is 4.39 Å². The van der Waals surface area contributed by atoms with Crippen LogP contribution in [-0.2, 0) is 0 Å². The second-order valence-corrected chi connectivity index (χ2v) is 6.47. The number of nitrogens with one attached hydrogen (secondary N) is 1. The van der Waals surface area contributed by atoms with Crippen molar-refractivity contribution >= 4 is 5.91 Å². The molecule has 1 heterocycles. The average Bonchev–Trinajstić information content (AvgIpc) is 2.58. The zero-order valence-corrected chi connectivity index (χ0v) is 13.8. The molecular formula is C19H17FN2O3. The van der Waals surface area contributed by atoms with Crippen molar-refractivity contribution in [1.29, 1.82) is 5.26 Å². The molecule has 0 aliphatic carbocycles. The first kappa shape index (κ1) is 16.9. The number of hydrogen-bond donors (Lipinski definition) is 2. The van der Waals surface area contributed by atoms with Crippen LogP contribution < -0.4 is 10.1 Å². The van der Waals surface area contributed by atoms with Crippen LogP contribution in [0.2, 0.25) is 0 Å². The molecule has 1 unspecified atom stereocenters. The molecule has 3 rings (SSSR count). The lowest BCUT2D eigenvalue weighted by atomic mass is 9.85. The van der Waals surface area contributed by atoms with Crippen molar-refractivity contribution in [3.8, 4) is 11.8 Å². The molecule has 0 aromatic heterocycles. The van der Waals surface area contributed by atoms with Crippen LogP contribution in [0.25, 0.3) is 0 Å². The maximum atomic E-state index is 13.0. The molecular weight excluding hydrogens is 323 g/mol. The van der Waals surface area contributed by atoms with E-state index in [1.165, 1.54) is 24.3 Å². The minimum atomic E-state index is -1.04. The van der Waals surface area contributed by atoms with Crippen LogP contribution in [0.4, 0.5) is 4.39 Å². The van der Waals surface area contributed by atoms with E-state index in [2.05, 4.69) is 5.32 Å². The number of carbonyl (C=O) groups is 1. The van der Waals surface area contributed by atoms with E-state index in [1.54, 1.807) is 32.0 Å². The van der Waals surface area contributed by atoms with Gasteiger partial charge >= 0.3 is 0 Å². The fourth-order valence-electron chi connectivity index (χ4n) is 2.93. The van der Waals surface area contributed by atoms with Crippen LogP contribution in [0.1, 0.15) is 41.4 Å². The van der Waals surface area contributed by atoms with E-state index in [0.29, 0.717) is 16.9 Å². The molecule has 2 N–H and O–H groups in total. The highest BCUT2D eigenvalue weighted by atomic mass is 19.1. The van der Waals surface area contributed by atoms with Gasteiger partial charge in [-0.2, -0.15) is 5.26 Å². The lowest BCUT2D eigenvalue weighted by Crippen LogP contribution is -2.57. The van der Waals surface area contributed by atoms with Gasteiger partial charge in [0.1, 0.15) is 23.3 Å². The molecule has 0 saturated heterocycles. The number of amides is 1. The number of hydrogen-bond acceptors (Lipinski definition) is 4. The molecule has 128 valence electrons. The predicted octanol–water partition coefficient (Wildman–Crippen LogP) is 2.70. The predicted molar refractivity (Wildman–Crippen MR) is 88.5 cm³/mol. The summed E-state index contributed by atoms with van der Waals surface area (Å²) in [4.78, 5) is 12.4. The molecule has 0 fully saturated rings. The summed E-state index contributed by atoms with van der Waals surface area (Å²) in [7, 11) is 0. The Hall–Kier alpha value is -2.91. The third-order valence-electron chi connectivity index (χ3n) is 4.29. The maximum Gasteiger partial charge on any atom is 0.251 e. The molecule has 2 aromatic rings. The first-order valence-corrected chi connectivity index (χ1v) is 7.79. The van der Waals surface area contributed by atoms with Crippen molar-refractivity contribution in [1.82, 2.24) is 5.32 Å². The van der Waals surface area contributed by atoms with Gasteiger partial charge in [0.05, 0.1) is 17.7 Å². The quantitative estimate of drug-likeness (QED) is 0.881. The minimum Gasteiger partial charge on any atom is -0.485 e. The summed E-state index contributed by atoms with van der Waals surface area (Å²) in [5.41, 5.74) is 0.240. The third-order valence-corrected chi connectivity index (χ3v) is 4.29. The largest absolute Gasteiger partial charge is 0.485 e. The van der Waals surface area contributed by atoms with Gasteiger partial charge in [0.2, 0.25) is 0 Å². The Morgan fingerprint density at radius 1 is 1.28 bits per heavy atom. The maximum absolute atomic E-state index is 13.0. The Bertz CT molecular complexity index is 856. The number of nitriles is 1. The van der Waals surface area contributed by atoms with Crippen molar-refractivity contribution in [3.05, 3.63) is 65.0 Å². The summed E-state index contributed by atoms with van der Waals surface area (Å²) in [6, 6.07) is 11.2. The smallest absolute Gasteiger partial charge is 0.251 e. The Morgan fingerprint density at radius 2 is 1.96 bits per heavy atom. The molecule has 0 spiro atoms. The number of aliphatic hydroxyl groups excluding tert-OH is 1. The Kier molecular flexibility index (Phi) is 4.19. The average molecular weight is 340 g/mol. The van der Waals surface area contributed by atoms with Crippen LogP contribution in [0, 0.1) is 17.1 Å². The summed E-state index contributed by atoms with van der Waals surface area (Å²) in [5, 5.41) is 22.5. The number of halogens is 1. The van der Waals surface area contributed by atoms with Crippen molar-refractivity contribution in [2.75, 3.05) is 0 Å². The van der Waals surface area contributed by atoms with Crippen LogP contribution in [0.3, 0.4) is 0 Å². The number of benzene rings is 2. The summed E-state index contributed by atoms with van der Waals surface area (Å²) in [5.74, 6) is -0.403. The van der Waals surface area contributed by atoms with E-state index in [9.17, 15) is 14.3 Å². The number of carbonyl (C=O) groups excluding carboxylic acids is 1. The molecule has 1 aliphatic rings. The number of aliphatic hydroxyl groups is 1. The van der Waals surface area contributed by atoms with E-state index in [1.807, 2.05) is 6.07 Å². The van der Waals surface area contributed by atoms with E-state index in [-0.39, 0.29) is 5.56 Å².